The van der Waals surface area contributed by atoms with Gasteiger partial charge in [-0.25, -0.2) is 17.6 Å². The van der Waals surface area contributed by atoms with Gasteiger partial charge in [0.15, 0.2) is 21.2 Å². The first kappa shape index (κ1) is 25.1. The lowest BCUT2D eigenvalue weighted by atomic mass is 10.2. The van der Waals surface area contributed by atoms with E-state index < -0.39 is 15.7 Å². The summed E-state index contributed by atoms with van der Waals surface area (Å²) in [6, 6.07) is 9.41. The van der Waals surface area contributed by atoms with Gasteiger partial charge in [-0.05, 0) is 36.4 Å². The molecular weight excluding hydrogens is 527 g/mol. The van der Waals surface area contributed by atoms with E-state index in [9.17, 15) is 17.6 Å². The molecule has 0 unspecified atom stereocenters. The molecule has 1 aliphatic heterocycles. The molecule has 0 radical (unpaired) electrons. The second kappa shape index (κ2) is 9.24. The third-order valence-corrected chi connectivity index (χ3v) is 8.29. The monoisotopic (exact) mass is 554 g/mol. The number of nitrogens with two attached hydrogens (primary N) is 1. The molecule has 6 rings (SSSR count). The molecule has 39 heavy (non-hydrogen) atoms. The molecule has 4 aromatic heterocycles. The topological polar surface area (TPSA) is 137 Å². The molecule has 0 bridgehead atoms. The van der Waals surface area contributed by atoms with Crippen molar-refractivity contribution in [3.8, 4) is 11.5 Å². The summed E-state index contributed by atoms with van der Waals surface area (Å²) >= 11 is 0. The lowest BCUT2D eigenvalue weighted by molar-refractivity contribution is 0.247. The molecular formula is C25H27FN8O4S. The standard InChI is InChI=1S/C25H27FN8O4S/c1-30-22-20-15-18(21-4-3-13-38-21)29-34(20)24(27)28-23(22)33(25(30)35)12-9-31-7-10-32(11-8-31)19-6-5-16(14-17(19)26)39(2,36)37/h3-6,13-15H,7-12H2,1-2H3,(H2,27,28). The highest BCUT2D eigenvalue weighted by molar-refractivity contribution is 7.90. The SMILES string of the molecule is Cn1c(=O)n(CCN2CCN(c3ccc(S(C)(=O)=O)cc3F)CC2)c2nc(N)n3nc(-c4ccco4)cc3c21. The Balaban J connectivity index is 1.20. The van der Waals surface area contributed by atoms with Gasteiger partial charge in [-0.1, -0.05) is 0 Å². The number of anilines is 2. The van der Waals surface area contributed by atoms with Crippen LogP contribution in [0.2, 0.25) is 0 Å². The predicted molar refractivity (Wildman–Crippen MR) is 144 cm³/mol. The average molecular weight is 555 g/mol. The molecule has 1 fully saturated rings. The van der Waals surface area contributed by atoms with Crippen molar-refractivity contribution in [2.24, 2.45) is 7.05 Å². The van der Waals surface area contributed by atoms with Crippen LogP contribution in [0.5, 0.6) is 0 Å². The number of hydrogen-bond donors (Lipinski definition) is 1. The number of sulfone groups is 1. The van der Waals surface area contributed by atoms with Gasteiger partial charge in [0.2, 0.25) is 5.95 Å². The summed E-state index contributed by atoms with van der Waals surface area (Å²) in [5.41, 5.74) is 8.73. The lowest BCUT2D eigenvalue weighted by Crippen LogP contribution is -2.47. The van der Waals surface area contributed by atoms with E-state index in [0.29, 0.717) is 73.1 Å². The van der Waals surface area contributed by atoms with Crippen molar-refractivity contribution in [1.29, 1.82) is 0 Å². The Morgan fingerprint density at radius 2 is 1.87 bits per heavy atom. The van der Waals surface area contributed by atoms with Gasteiger partial charge in [0.05, 0.1) is 22.4 Å². The van der Waals surface area contributed by atoms with E-state index in [4.69, 9.17) is 10.2 Å². The highest BCUT2D eigenvalue weighted by Gasteiger charge is 2.23. The van der Waals surface area contributed by atoms with E-state index in [-0.39, 0.29) is 16.5 Å². The summed E-state index contributed by atoms with van der Waals surface area (Å²) in [5, 5.41) is 4.50. The zero-order valence-corrected chi connectivity index (χ0v) is 22.2. The van der Waals surface area contributed by atoms with Crippen LogP contribution in [-0.4, -0.2) is 76.0 Å². The van der Waals surface area contributed by atoms with Crippen LogP contribution < -0.4 is 16.3 Å². The molecule has 2 N–H and O–H groups in total. The maximum absolute atomic E-state index is 14.7. The number of nitrogen functional groups attached to an aromatic ring is 1. The van der Waals surface area contributed by atoms with Gasteiger partial charge >= 0.3 is 5.69 Å². The maximum atomic E-state index is 14.7. The molecule has 204 valence electrons. The van der Waals surface area contributed by atoms with E-state index in [1.54, 1.807) is 34.6 Å². The van der Waals surface area contributed by atoms with Crippen molar-refractivity contribution < 1.29 is 17.2 Å². The van der Waals surface area contributed by atoms with Crippen molar-refractivity contribution in [2.45, 2.75) is 11.4 Å². The van der Waals surface area contributed by atoms with Gasteiger partial charge < -0.3 is 15.1 Å². The summed E-state index contributed by atoms with van der Waals surface area (Å²) < 4.78 is 48.2. The second-order valence-electron chi connectivity index (χ2n) is 9.65. The van der Waals surface area contributed by atoms with Gasteiger partial charge in [-0.15, -0.1) is 0 Å². The fraction of sp³-hybridized carbons (Fsp3) is 0.320. The fourth-order valence-corrected chi connectivity index (χ4v) is 5.73. The van der Waals surface area contributed by atoms with Gasteiger partial charge in [0.25, 0.3) is 0 Å². The van der Waals surface area contributed by atoms with Crippen LogP contribution in [0.1, 0.15) is 0 Å². The van der Waals surface area contributed by atoms with Gasteiger partial charge in [-0.2, -0.15) is 14.6 Å². The smallest absolute Gasteiger partial charge is 0.330 e. The van der Waals surface area contributed by atoms with Crippen LogP contribution in [0, 0.1) is 5.82 Å². The van der Waals surface area contributed by atoms with Gasteiger partial charge in [0, 0.05) is 52.6 Å². The van der Waals surface area contributed by atoms with Crippen molar-refractivity contribution in [2.75, 3.05) is 49.6 Å². The summed E-state index contributed by atoms with van der Waals surface area (Å²) in [5.74, 6) is 0.187. The molecule has 12 nitrogen and oxygen atoms in total. The second-order valence-corrected chi connectivity index (χ2v) is 11.7. The predicted octanol–water partition coefficient (Wildman–Crippen LogP) is 1.59. The molecule has 0 saturated carbocycles. The summed E-state index contributed by atoms with van der Waals surface area (Å²) in [6.45, 7) is 3.43. The number of furan rings is 1. The number of aryl methyl sites for hydroxylation is 1. The zero-order chi connectivity index (χ0) is 27.5. The van der Waals surface area contributed by atoms with E-state index >= 15 is 0 Å². The number of imidazole rings is 1. The third kappa shape index (κ3) is 4.34. The molecule has 5 heterocycles. The number of hydrogen-bond acceptors (Lipinski definition) is 9. The Morgan fingerprint density at radius 3 is 2.54 bits per heavy atom. The minimum absolute atomic E-state index is 0.0393. The Labute approximate surface area is 222 Å². The first-order chi connectivity index (χ1) is 18.6. The number of benzene rings is 1. The molecule has 14 heteroatoms. The number of piperazine rings is 1. The van der Waals surface area contributed by atoms with Crippen molar-refractivity contribution >= 4 is 38.2 Å². The molecule has 1 aromatic carbocycles. The zero-order valence-electron chi connectivity index (χ0n) is 21.4. The number of aromatic nitrogens is 5. The highest BCUT2D eigenvalue weighted by Crippen LogP contribution is 2.27. The molecule has 1 saturated heterocycles. The van der Waals surface area contributed by atoms with E-state index in [0.717, 1.165) is 12.3 Å². The van der Waals surface area contributed by atoms with E-state index in [1.165, 1.54) is 16.6 Å². The number of nitrogens with zero attached hydrogens (tertiary/aromatic N) is 7. The summed E-state index contributed by atoms with van der Waals surface area (Å²) in [6.07, 6.45) is 2.62. The van der Waals surface area contributed by atoms with Crippen molar-refractivity contribution in [1.82, 2.24) is 28.6 Å². The number of halogens is 1. The third-order valence-electron chi connectivity index (χ3n) is 7.18. The Kier molecular flexibility index (Phi) is 5.95. The Bertz CT molecular complexity index is 1870. The van der Waals surface area contributed by atoms with E-state index in [1.807, 2.05) is 11.0 Å². The van der Waals surface area contributed by atoms with Crippen molar-refractivity contribution in [3.63, 3.8) is 0 Å². The molecule has 0 aliphatic carbocycles. The molecule has 0 amide bonds. The van der Waals surface area contributed by atoms with Crippen LogP contribution in [0.15, 0.2) is 56.8 Å². The van der Waals surface area contributed by atoms with Crippen LogP contribution in [-0.2, 0) is 23.4 Å². The molecule has 1 aliphatic rings. The quantitative estimate of drug-likeness (QED) is 0.332. The molecule has 0 spiro atoms. The number of fused-ring (bicyclic) bond motifs is 3. The van der Waals surface area contributed by atoms with Gasteiger partial charge in [0.1, 0.15) is 17.0 Å². The Hall–Kier alpha value is -4.17. The maximum Gasteiger partial charge on any atom is 0.330 e. The van der Waals surface area contributed by atoms with Gasteiger partial charge in [-0.3, -0.25) is 14.0 Å². The fourth-order valence-electron chi connectivity index (χ4n) is 5.10. The minimum atomic E-state index is -3.48. The normalized spacial score (nSPS) is 15.1. The first-order valence-corrected chi connectivity index (χ1v) is 14.3. The largest absolute Gasteiger partial charge is 0.463 e. The first-order valence-electron chi connectivity index (χ1n) is 12.4. The Morgan fingerprint density at radius 1 is 1.10 bits per heavy atom. The van der Waals surface area contributed by atoms with Crippen LogP contribution in [0.25, 0.3) is 28.1 Å². The van der Waals surface area contributed by atoms with Crippen LogP contribution in [0.3, 0.4) is 0 Å². The number of rotatable bonds is 6. The van der Waals surface area contributed by atoms with E-state index in [2.05, 4.69) is 15.0 Å². The minimum Gasteiger partial charge on any atom is -0.463 e. The highest BCUT2D eigenvalue weighted by atomic mass is 32.2. The van der Waals surface area contributed by atoms with Crippen LogP contribution >= 0.6 is 0 Å². The lowest BCUT2D eigenvalue weighted by Gasteiger charge is -2.36. The van der Waals surface area contributed by atoms with Crippen molar-refractivity contribution in [3.05, 3.63) is 59.0 Å². The molecule has 0 atom stereocenters. The summed E-state index contributed by atoms with van der Waals surface area (Å²) in [4.78, 5) is 21.8. The summed E-state index contributed by atoms with van der Waals surface area (Å²) in [7, 11) is -1.78. The average Bonchev–Trinajstić information content (AvgIpc) is 3.63. The van der Waals surface area contributed by atoms with Crippen LogP contribution in [0.4, 0.5) is 16.0 Å². The molecule has 5 aromatic rings.